The van der Waals surface area contributed by atoms with E-state index in [1.54, 1.807) is 12.1 Å². The summed E-state index contributed by atoms with van der Waals surface area (Å²) in [6.45, 7) is 0.385. The zero-order valence-electron chi connectivity index (χ0n) is 9.94. The van der Waals surface area contributed by atoms with Crippen molar-refractivity contribution >= 4 is 5.95 Å². The first kappa shape index (κ1) is 13.4. The molecule has 7 heteroatoms. The van der Waals surface area contributed by atoms with Crippen molar-refractivity contribution in [3.63, 3.8) is 0 Å². The highest BCUT2D eigenvalue weighted by atomic mass is 19.4. The van der Waals surface area contributed by atoms with E-state index in [2.05, 4.69) is 15.3 Å². The number of anilines is 1. The molecule has 4 nitrogen and oxygen atoms in total. The van der Waals surface area contributed by atoms with Gasteiger partial charge in [0.1, 0.15) is 5.76 Å². The van der Waals surface area contributed by atoms with Crippen LogP contribution in [0.2, 0.25) is 0 Å². The smallest absolute Gasteiger partial charge is 0.389 e. The molecule has 2 aromatic heterocycles. The molecule has 0 atom stereocenters. The fraction of sp³-hybridized carbons (Fsp3) is 0.333. The van der Waals surface area contributed by atoms with Crippen LogP contribution in [-0.4, -0.2) is 16.1 Å². The van der Waals surface area contributed by atoms with Gasteiger partial charge in [-0.1, -0.05) is 0 Å². The van der Waals surface area contributed by atoms with Gasteiger partial charge in [-0.25, -0.2) is 9.97 Å². The number of aromatic nitrogens is 2. The third-order valence-electron chi connectivity index (χ3n) is 2.38. The highest BCUT2D eigenvalue weighted by Crippen LogP contribution is 2.21. The molecule has 2 heterocycles. The van der Waals surface area contributed by atoms with E-state index in [1.807, 2.05) is 0 Å². The van der Waals surface area contributed by atoms with E-state index in [-0.39, 0.29) is 12.4 Å². The lowest BCUT2D eigenvalue weighted by molar-refractivity contribution is -0.134. The van der Waals surface area contributed by atoms with E-state index in [0.29, 0.717) is 18.0 Å². The SMILES string of the molecule is FC(F)(F)CCc1ccnc(NCc2ccco2)n1. The molecule has 0 unspecified atom stereocenters. The first-order chi connectivity index (χ1) is 9.03. The molecular formula is C12H12F3N3O. The van der Waals surface area contributed by atoms with Crippen molar-refractivity contribution in [3.05, 3.63) is 42.1 Å². The van der Waals surface area contributed by atoms with Gasteiger partial charge in [0.25, 0.3) is 0 Å². The second-order valence-corrected chi connectivity index (χ2v) is 3.92. The van der Waals surface area contributed by atoms with Gasteiger partial charge in [0.2, 0.25) is 5.95 Å². The Balaban J connectivity index is 1.91. The molecule has 0 saturated heterocycles. The van der Waals surface area contributed by atoms with Gasteiger partial charge in [0.15, 0.2) is 0 Å². The first-order valence-corrected chi connectivity index (χ1v) is 5.68. The molecule has 19 heavy (non-hydrogen) atoms. The Hall–Kier alpha value is -2.05. The molecule has 1 N–H and O–H groups in total. The molecule has 0 aromatic carbocycles. The third-order valence-corrected chi connectivity index (χ3v) is 2.38. The average Bonchev–Trinajstić information content (AvgIpc) is 2.87. The van der Waals surface area contributed by atoms with Crippen LogP contribution in [0.1, 0.15) is 17.9 Å². The normalized spacial score (nSPS) is 11.5. The second-order valence-electron chi connectivity index (χ2n) is 3.92. The fourth-order valence-electron chi connectivity index (χ4n) is 1.47. The number of alkyl halides is 3. The zero-order valence-corrected chi connectivity index (χ0v) is 9.94. The van der Waals surface area contributed by atoms with Crippen LogP contribution in [0.25, 0.3) is 0 Å². The average molecular weight is 271 g/mol. The van der Waals surface area contributed by atoms with Crippen molar-refractivity contribution in [2.45, 2.75) is 25.6 Å². The van der Waals surface area contributed by atoms with Crippen LogP contribution in [0.3, 0.4) is 0 Å². The molecular weight excluding hydrogens is 259 g/mol. The Morgan fingerprint density at radius 2 is 2.11 bits per heavy atom. The van der Waals surface area contributed by atoms with Gasteiger partial charge < -0.3 is 9.73 Å². The van der Waals surface area contributed by atoms with E-state index in [0.717, 1.165) is 0 Å². The maximum absolute atomic E-state index is 12.1. The number of nitrogens with one attached hydrogen (secondary N) is 1. The molecule has 102 valence electrons. The predicted octanol–water partition coefficient (Wildman–Crippen LogP) is 3.18. The summed E-state index contributed by atoms with van der Waals surface area (Å²) in [5.41, 5.74) is 0.356. The summed E-state index contributed by atoms with van der Waals surface area (Å²) >= 11 is 0. The quantitative estimate of drug-likeness (QED) is 0.907. The second kappa shape index (κ2) is 5.73. The van der Waals surface area contributed by atoms with Crippen molar-refractivity contribution in [2.24, 2.45) is 0 Å². The summed E-state index contributed by atoms with van der Waals surface area (Å²) in [4.78, 5) is 7.95. The largest absolute Gasteiger partial charge is 0.467 e. The number of hydrogen-bond acceptors (Lipinski definition) is 4. The van der Waals surface area contributed by atoms with Crippen molar-refractivity contribution in [1.29, 1.82) is 0 Å². The molecule has 0 amide bonds. The van der Waals surface area contributed by atoms with Crippen LogP contribution >= 0.6 is 0 Å². The van der Waals surface area contributed by atoms with Crippen molar-refractivity contribution < 1.29 is 17.6 Å². The van der Waals surface area contributed by atoms with Crippen LogP contribution in [-0.2, 0) is 13.0 Å². The highest BCUT2D eigenvalue weighted by molar-refractivity contribution is 5.26. The number of rotatable bonds is 5. The predicted molar refractivity (Wildman–Crippen MR) is 62.4 cm³/mol. The van der Waals surface area contributed by atoms with Gasteiger partial charge in [0.05, 0.1) is 12.8 Å². The minimum atomic E-state index is -4.17. The number of aryl methyl sites for hydroxylation is 1. The molecule has 2 rings (SSSR count). The lowest BCUT2D eigenvalue weighted by Crippen LogP contribution is -2.10. The first-order valence-electron chi connectivity index (χ1n) is 5.68. The van der Waals surface area contributed by atoms with Gasteiger partial charge in [-0.3, -0.25) is 0 Å². The Morgan fingerprint density at radius 3 is 2.79 bits per heavy atom. The monoisotopic (exact) mass is 271 g/mol. The van der Waals surface area contributed by atoms with Crippen LogP contribution < -0.4 is 5.32 Å². The summed E-state index contributed by atoms with van der Waals surface area (Å²) in [5, 5.41) is 2.89. The van der Waals surface area contributed by atoms with Crippen LogP contribution in [0.5, 0.6) is 0 Å². The number of furan rings is 1. The topological polar surface area (TPSA) is 51.0 Å². The Labute approximate surface area is 107 Å². The lowest BCUT2D eigenvalue weighted by atomic mass is 10.2. The minimum absolute atomic E-state index is 0.151. The fourth-order valence-corrected chi connectivity index (χ4v) is 1.47. The van der Waals surface area contributed by atoms with Crippen LogP contribution in [0.4, 0.5) is 19.1 Å². The molecule has 0 radical (unpaired) electrons. The summed E-state index contributed by atoms with van der Waals surface area (Å²) in [5.74, 6) is 0.986. The van der Waals surface area contributed by atoms with Crippen LogP contribution in [0, 0.1) is 0 Å². The molecule has 0 saturated carbocycles. The van der Waals surface area contributed by atoms with E-state index < -0.39 is 12.6 Å². The van der Waals surface area contributed by atoms with Gasteiger partial charge in [-0.2, -0.15) is 13.2 Å². The summed E-state index contributed by atoms with van der Waals surface area (Å²) < 4.78 is 41.4. The Kier molecular flexibility index (Phi) is 4.03. The zero-order chi connectivity index (χ0) is 13.7. The molecule has 0 spiro atoms. The minimum Gasteiger partial charge on any atom is -0.467 e. The van der Waals surface area contributed by atoms with Gasteiger partial charge in [-0.15, -0.1) is 0 Å². The number of halogens is 3. The summed E-state index contributed by atoms with van der Waals surface area (Å²) in [6, 6.07) is 5.00. The molecule has 0 fully saturated rings. The summed E-state index contributed by atoms with van der Waals surface area (Å²) in [6.07, 6.45) is -2.24. The van der Waals surface area contributed by atoms with E-state index in [9.17, 15) is 13.2 Å². The Bertz CT molecular complexity index is 511. The van der Waals surface area contributed by atoms with E-state index in [4.69, 9.17) is 4.42 Å². The number of hydrogen-bond donors (Lipinski definition) is 1. The van der Waals surface area contributed by atoms with Crippen molar-refractivity contribution in [2.75, 3.05) is 5.32 Å². The Morgan fingerprint density at radius 1 is 1.26 bits per heavy atom. The van der Waals surface area contributed by atoms with Crippen molar-refractivity contribution in [1.82, 2.24) is 9.97 Å². The van der Waals surface area contributed by atoms with E-state index in [1.165, 1.54) is 18.5 Å². The van der Waals surface area contributed by atoms with E-state index >= 15 is 0 Å². The van der Waals surface area contributed by atoms with Crippen molar-refractivity contribution in [3.8, 4) is 0 Å². The standard InChI is InChI=1S/C12H12F3N3O/c13-12(14,15)5-3-9-4-6-16-11(18-9)17-8-10-2-1-7-19-10/h1-2,4,6-7H,3,5,8H2,(H,16,17,18). The molecule has 0 aliphatic rings. The number of nitrogens with zero attached hydrogens (tertiary/aromatic N) is 2. The van der Waals surface area contributed by atoms with Crippen LogP contribution in [0.15, 0.2) is 35.1 Å². The van der Waals surface area contributed by atoms with Gasteiger partial charge in [0, 0.05) is 18.3 Å². The maximum atomic E-state index is 12.1. The maximum Gasteiger partial charge on any atom is 0.389 e. The third kappa shape index (κ3) is 4.61. The lowest BCUT2D eigenvalue weighted by Gasteiger charge is -2.07. The molecule has 0 aliphatic heterocycles. The summed E-state index contributed by atoms with van der Waals surface area (Å²) in [7, 11) is 0. The molecule has 0 bridgehead atoms. The highest BCUT2D eigenvalue weighted by Gasteiger charge is 2.26. The molecule has 0 aliphatic carbocycles. The molecule has 2 aromatic rings. The van der Waals surface area contributed by atoms with Gasteiger partial charge >= 0.3 is 6.18 Å². The van der Waals surface area contributed by atoms with Gasteiger partial charge in [-0.05, 0) is 24.6 Å².